The number of carbonyl (C=O) groups excluding carboxylic acids is 2. The number of halogens is 1. The zero-order chi connectivity index (χ0) is 18.7. The van der Waals surface area contributed by atoms with Crippen LogP contribution in [0.4, 0.5) is 4.39 Å². The van der Waals surface area contributed by atoms with Gasteiger partial charge in [0.1, 0.15) is 5.82 Å². The predicted octanol–water partition coefficient (Wildman–Crippen LogP) is 2.23. The molecule has 142 valence electrons. The SMILES string of the molecule is CC1CCN(C(=O)C(C)N2CCN(C(=O)c3ccc(F)cc3)CC2)CC1. The van der Waals surface area contributed by atoms with Gasteiger partial charge in [0.15, 0.2) is 0 Å². The lowest BCUT2D eigenvalue weighted by atomic mass is 9.98. The Morgan fingerprint density at radius 2 is 1.54 bits per heavy atom. The van der Waals surface area contributed by atoms with Gasteiger partial charge < -0.3 is 9.80 Å². The topological polar surface area (TPSA) is 43.9 Å². The van der Waals surface area contributed by atoms with Gasteiger partial charge in [-0.3, -0.25) is 14.5 Å². The number of hydrogen-bond donors (Lipinski definition) is 0. The summed E-state index contributed by atoms with van der Waals surface area (Å²) in [4.78, 5) is 31.2. The van der Waals surface area contributed by atoms with Gasteiger partial charge in [-0.2, -0.15) is 0 Å². The van der Waals surface area contributed by atoms with Gasteiger partial charge in [0.05, 0.1) is 6.04 Å². The molecule has 3 rings (SSSR count). The molecule has 2 heterocycles. The molecule has 2 aliphatic rings. The van der Waals surface area contributed by atoms with Crippen LogP contribution in [0.25, 0.3) is 0 Å². The molecule has 1 unspecified atom stereocenters. The van der Waals surface area contributed by atoms with Gasteiger partial charge in [0, 0.05) is 44.8 Å². The van der Waals surface area contributed by atoms with Crippen LogP contribution in [0.5, 0.6) is 0 Å². The van der Waals surface area contributed by atoms with E-state index in [0.29, 0.717) is 37.7 Å². The molecular formula is C20H28FN3O2. The summed E-state index contributed by atoms with van der Waals surface area (Å²) < 4.78 is 13.0. The van der Waals surface area contributed by atoms with Crippen molar-refractivity contribution in [3.05, 3.63) is 35.6 Å². The fourth-order valence-corrected chi connectivity index (χ4v) is 3.74. The van der Waals surface area contributed by atoms with E-state index in [-0.39, 0.29) is 23.7 Å². The van der Waals surface area contributed by atoms with Gasteiger partial charge >= 0.3 is 0 Å². The summed E-state index contributed by atoms with van der Waals surface area (Å²) in [7, 11) is 0. The van der Waals surface area contributed by atoms with Gasteiger partial charge in [-0.1, -0.05) is 6.92 Å². The van der Waals surface area contributed by atoms with Crippen LogP contribution < -0.4 is 0 Å². The Hall–Kier alpha value is -1.95. The average molecular weight is 361 g/mol. The van der Waals surface area contributed by atoms with Crippen molar-refractivity contribution in [1.29, 1.82) is 0 Å². The van der Waals surface area contributed by atoms with E-state index in [2.05, 4.69) is 11.8 Å². The van der Waals surface area contributed by atoms with Crippen molar-refractivity contribution < 1.29 is 14.0 Å². The number of nitrogens with zero attached hydrogens (tertiary/aromatic N) is 3. The summed E-state index contributed by atoms with van der Waals surface area (Å²) in [6.07, 6.45) is 2.16. The number of benzene rings is 1. The lowest BCUT2D eigenvalue weighted by Crippen LogP contribution is -2.56. The number of likely N-dealkylation sites (tertiary alicyclic amines) is 1. The smallest absolute Gasteiger partial charge is 0.253 e. The Morgan fingerprint density at radius 1 is 0.962 bits per heavy atom. The highest BCUT2D eigenvalue weighted by atomic mass is 19.1. The van der Waals surface area contributed by atoms with E-state index in [9.17, 15) is 14.0 Å². The second kappa shape index (κ2) is 8.16. The van der Waals surface area contributed by atoms with Gasteiger partial charge in [-0.15, -0.1) is 0 Å². The van der Waals surface area contributed by atoms with Crippen LogP contribution in [0.2, 0.25) is 0 Å². The van der Waals surface area contributed by atoms with Crippen molar-refractivity contribution in [3.8, 4) is 0 Å². The first-order valence-corrected chi connectivity index (χ1v) is 9.53. The lowest BCUT2D eigenvalue weighted by Gasteiger charge is -2.40. The van der Waals surface area contributed by atoms with Gasteiger partial charge in [0.2, 0.25) is 5.91 Å². The predicted molar refractivity (Wildman–Crippen MR) is 98.3 cm³/mol. The molecule has 1 aromatic carbocycles. The lowest BCUT2D eigenvalue weighted by molar-refractivity contribution is -0.138. The van der Waals surface area contributed by atoms with E-state index in [1.165, 1.54) is 24.3 Å². The third-order valence-corrected chi connectivity index (χ3v) is 5.69. The maximum absolute atomic E-state index is 13.0. The Bertz CT molecular complexity index is 633. The Morgan fingerprint density at radius 3 is 2.12 bits per heavy atom. The summed E-state index contributed by atoms with van der Waals surface area (Å²) in [5.41, 5.74) is 0.506. The van der Waals surface area contributed by atoms with Crippen LogP contribution in [0, 0.1) is 11.7 Å². The number of piperidine rings is 1. The third kappa shape index (κ3) is 4.23. The molecule has 0 aliphatic carbocycles. The summed E-state index contributed by atoms with van der Waals surface area (Å²) in [6.45, 7) is 8.46. The molecular weight excluding hydrogens is 333 g/mol. The number of rotatable bonds is 3. The van der Waals surface area contributed by atoms with Crippen LogP contribution in [-0.4, -0.2) is 71.8 Å². The summed E-state index contributed by atoms with van der Waals surface area (Å²) in [6, 6.07) is 5.51. The molecule has 2 amide bonds. The summed E-state index contributed by atoms with van der Waals surface area (Å²) in [5, 5.41) is 0. The molecule has 1 aromatic rings. The minimum Gasteiger partial charge on any atom is -0.341 e. The Kier molecular flexibility index (Phi) is 5.91. The molecule has 26 heavy (non-hydrogen) atoms. The first-order chi connectivity index (χ1) is 12.5. The molecule has 0 aromatic heterocycles. The zero-order valence-corrected chi connectivity index (χ0v) is 15.7. The zero-order valence-electron chi connectivity index (χ0n) is 15.7. The molecule has 0 spiro atoms. The van der Waals surface area contributed by atoms with Crippen molar-refractivity contribution >= 4 is 11.8 Å². The molecule has 1 atom stereocenters. The largest absolute Gasteiger partial charge is 0.341 e. The fraction of sp³-hybridized carbons (Fsp3) is 0.600. The molecule has 2 aliphatic heterocycles. The van der Waals surface area contributed by atoms with E-state index in [1.54, 1.807) is 4.90 Å². The average Bonchev–Trinajstić information content (AvgIpc) is 2.67. The van der Waals surface area contributed by atoms with Crippen LogP contribution in [-0.2, 0) is 4.79 Å². The number of piperazine rings is 1. The monoisotopic (exact) mass is 361 g/mol. The maximum Gasteiger partial charge on any atom is 0.253 e. The molecule has 0 bridgehead atoms. The molecule has 0 saturated carbocycles. The summed E-state index contributed by atoms with van der Waals surface area (Å²) >= 11 is 0. The van der Waals surface area contributed by atoms with Crippen molar-refractivity contribution in [1.82, 2.24) is 14.7 Å². The Labute approximate surface area is 154 Å². The highest BCUT2D eigenvalue weighted by Gasteiger charge is 2.31. The van der Waals surface area contributed by atoms with Crippen molar-refractivity contribution in [2.75, 3.05) is 39.3 Å². The highest BCUT2D eigenvalue weighted by Crippen LogP contribution is 2.19. The van der Waals surface area contributed by atoms with Crippen LogP contribution >= 0.6 is 0 Å². The summed E-state index contributed by atoms with van der Waals surface area (Å²) in [5.74, 6) is 0.491. The van der Waals surface area contributed by atoms with E-state index < -0.39 is 0 Å². The van der Waals surface area contributed by atoms with Crippen LogP contribution in [0.1, 0.15) is 37.0 Å². The molecule has 0 radical (unpaired) electrons. The minimum absolute atomic E-state index is 0.0753. The quantitative estimate of drug-likeness (QED) is 0.829. The Balaban J connectivity index is 1.52. The van der Waals surface area contributed by atoms with E-state index in [0.717, 1.165) is 25.9 Å². The normalized spacial score (nSPS) is 20.9. The molecule has 0 N–H and O–H groups in total. The van der Waals surface area contributed by atoms with Crippen molar-refractivity contribution in [3.63, 3.8) is 0 Å². The second-order valence-corrected chi connectivity index (χ2v) is 7.52. The van der Waals surface area contributed by atoms with Gasteiger partial charge in [-0.25, -0.2) is 4.39 Å². The van der Waals surface area contributed by atoms with Gasteiger partial charge in [0.25, 0.3) is 5.91 Å². The highest BCUT2D eigenvalue weighted by molar-refractivity contribution is 5.94. The number of hydrogen-bond acceptors (Lipinski definition) is 3. The fourth-order valence-electron chi connectivity index (χ4n) is 3.74. The number of carbonyl (C=O) groups is 2. The standard InChI is InChI=1S/C20H28FN3O2/c1-15-7-9-23(10-8-15)19(25)16(2)22-11-13-24(14-12-22)20(26)17-3-5-18(21)6-4-17/h3-6,15-16H,7-14H2,1-2H3. The first kappa shape index (κ1) is 18.8. The molecule has 5 nitrogen and oxygen atoms in total. The van der Waals surface area contributed by atoms with E-state index >= 15 is 0 Å². The van der Waals surface area contributed by atoms with Crippen molar-refractivity contribution in [2.45, 2.75) is 32.7 Å². The third-order valence-electron chi connectivity index (χ3n) is 5.69. The van der Waals surface area contributed by atoms with Gasteiger partial charge in [-0.05, 0) is 49.9 Å². The number of amides is 2. The second-order valence-electron chi connectivity index (χ2n) is 7.52. The first-order valence-electron chi connectivity index (χ1n) is 9.53. The van der Waals surface area contributed by atoms with Crippen LogP contribution in [0.15, 0.2) is 24.3 Å². The maximum atomic E-state index is 13.0. The van der Waals surface area contributed by atoms with Crippen LogP contribution in [0.3, 0.4) is 0 Å². The molecule has 2 saturated heterocycles. The van der Waals surface area contributed by atoms with E-state index in [4.69, 9.17) is 0 Å². The molecule has 2 fully saturated rings. The minimum atomic E-state index is -0.342. The van der Waals surface area contributed by atoms with Crippen molar-refractivity contribution in [2.24, 2.45) is 5.92 Å². The van der Waals surface area contributed by atoms with E-state index in [1.807, 2.05) is 11.8 Å². The molecule has 6 heteroatoms.